The molecule has 2 N–H and O–H groups in total. The fraction of sp³-hybridized carbons (Fsp3) is 0.500. The first-order chi connectivity index (χ1) is 10.5. The molecule has 1 heterocycles. The summed E-state index contributed by atoms with van der Waals surface area (Å²) in [5.41, 5.74) is 2.85. The van der Waals surface area contributed by atoms with Crippen LogP contribution in [0.3, 0.4) is 0 Å². The van der Waals surface area contributed by atoms with Crippen molar-refractivity contribution in [2.24, 2.45) is 0 Å². The van der Waals surface area contributed by atoms with E-state index in [-0.39, 0.29) is 24.4 Å². The Balaban J connectivity index is 0.00000264. The van der Waals surface area contributed by atoms with Crippen LogP contribution in [-0.4, -0.2) is 44.8 Å². The van der Waals surface area contributed by atoms with Crippen molar-refractivity contribution in [2.45, 2.75) is 26.3 Å². The molecule has 1 aliphatic heterocycles. The minimum Gasteiger partial charge on any atom is -0.465 e. The third-order valence-corrected chi connectivity index (χ3v) is 3.79. The Morgan fingerprint density at radius 1 is 1.39 bits per heavy atom. The summed E-state index contributed by atoms with van der Waals surface area (Å²) in [4.78, 5) is 23.9. The number of carbonyl (C=O) groups is 2. The Morgan fingerprint density at radius 3 is 2.74 bits per heavy atom. The van der Waals surface area contributed by atoms with Crippen molar-refractivity contribution in [2.75, 3.05) is 32.2 Å². The van der Waals surface area contributed by atoms with Gasteiger partial charge < -0.3 is 20.1 Å². The van der Waals surface area contributed by atoms with Gasteiger partial charge in [-0.15, -0.1) is 12.4 Å². The van der Waals surface area contributed by atoms with E-state index < -0.39 is 5.97 Å². The predicted molar refractivity (Wildman–Crippen MR) is 90.4 cm³/mol. The van der Waals surface area contributed by atoms with E-state index in [4.69, 9.17) is 9.47 Å². The van der Waals surface area contributed by atoms with E-state index in [0.717, 1.165) is 17.7 Å². The molecule has 0 aliphatic carbocycles. The van der Waals surface area contributed by atoms with Crippen LogP contribution in [0.25, 0.3) is 0 Å². The Morgan fingerprint density at radius 2 is 2.13 bits per heavy atom. The highest BCUT2D eigenvalue weighted by molar-refractivity contribution is 5.96. The number of rotatable bonds is 4. The van der Waals surface area contributed by atoms with E-state index in [0.29, 0.717) is 30.9 Å². The number of ether oxygens (including phenoxy) is 2. The van der Waals surface area contributed by atoms with Gasteiger partial charge in [0.05, 0.1) is 25.9 Å². The molecule has 128 valence electrons. The zero-order valence-corrected chi connectivity index (χ0v) is 14.4. The minimum atomic E-state index is -0.404. The first-order valence-corrected chi connectivity index (χ1v) is 7.31. The molecule has 2 rings (SSSR count). The van der Waals surface area contributed by atoms with E-state index in [2.05, 4.69) is 10.6 Å². The number of anilines is 1. The van der Waals surface area contributed by atoms with Gasteiger partial charge >= 0.3 is 5.97 Å². The molecular formula is C16H23ClN2O4. The lowest BCUT2D eigenvalue weighted by atomic mass is 10.0. The summed E-state index contributed by atoms with van der Waals surface area (Å²) >= 11 is 0. The second-order valence-electron chi connectivity index (χ2n) is 5.44. The third kappa shape index (κ3) is 5.20. The normalized spacial score (nSPS) is 17.1. The summed E-state index contributed by atoms with van der Waals surface area (Å²) in [5, 5.41) is 6.07. The van der Waals surface area contributed by atoms with Crippen molar-refractivity contribution >= 4 is 30.0 Å². The fourth-order valence-corrected chi connectivity index (χ4v) is 2.44. The van der Waals surface area contributed by atoms with Crippen LogP contribution in [0.5, 0.6) is 0 Å². The standard InChI is InChI=1S/C16H22N2O4.ClH/c1-10-6-12(7-14(11(10)2)16(20)21-3)18-15(19)8-13-9-22-5-4-17-13;/h6-7,13,17H,4-5,8-9H2,1-3H3,(H,18,19);1H. The maximum absolute atomic E-state index is 12.1. The molecule has 1 fully saturated rings. The average Bonchev–Trinajstić information content (AvgIpc) is 2.50. The van der Waals surface area contributed by atoms with E-state index in [9.17, 15) is 9.59 Å². The number of esters is 1. The van der Waals surface area contributed by atoms with Crippen molar-refractivity contribution in [3.05, 3.63) is 28.8 Å². The number of hydrogen-bond donors (Lipinski definition) is 2. The zero-order chi connectivity index (χ0) is 16.1. The molecule has 23 heavy (non-hydrogen) atoms. The van der Waals surface area contributed by atoms with Crippen LogP contribution in [-0.2, 0) is 14.3 Å². The first kappa shape index (κ1) is 19.4. The van der Waals surface area contributed by atoms with Crippen LogP contribution in [0.1, 0.15) is 27.9 Å². The van der Waals surface area contributed by atoms with Crippen LogP contribution in [0.15, 0.2) is 12.1 Å². The number of halogens is 1. The number of carbonyl (C=O) groups excluding carboxylic acids is 2. The Kier molecular flexibility index (Phi) is 7.48. The van der Waals surface area contributed by atoms with E-state index in [1.54, 1.807) is 6.07 Å². The first-order valence-electron chi connectivity index (χ1n) is 7.31. The van der Waals surface area contributed by atoms with Gasteiger partial charge in [-0.2, -0.15) is 0 Å². The van der Waals surface area contributed by atoms with Crippen molar-refractivity contribution < 1.29 is 19.1 Å². The quantitative estimate of drug-likeness (QED) is 0.816. The number of methoxy groups -OCH3 is 1. The van der Waals surface area contributed by atoms with Gasteiger partial charge in [0.15, 0.2) is 0 Å². The van der Waals surface area contributed by atoms with E-state index in [1.807, 2.05) is 19.9 Å². The largest absolute Gasteiger partial charge is 0.465 e. The highest BCUT2D eigenvalue weighted by atomic mass is 35.5. The van der Waals surface area contributed by atoms with E-state index in [1.165, 1.54) is 7.11 Å². The monoisotopic (exact) mass is 342 g/mol. The summed E-state index contributed by atoms with van der Waals surface area (Å²) in [5.74, 6) is -0.513. The molecule has 0 radical (unpaired) electrons. The molecule has 1 aromatic rings. The van der Waals surface area contributed by atoms with Crippen molar-refractivity contribution in [1.82, 2.24) is 5.32 Å². The van der Waals surface area contributed by atoms with Gasteiger partial charge in [-0.25, -0.2) is 4.79 Å². The molecule has 0 bridgehead atoms. The minimum absolute atomic E-state index is 0. The van der Waals surface area contributed by atoms with Gasteiger partial charge in [0.2, 0.25) is 5.91 Å². The van der Waals surface area contributed by atoms with Gasteiger partial charge in [-0.1, -0.05) is 0 Å². The Labute approximate surface area is 142 Å². The number of hydrogen-bond acceptors (Lipinski definition) is 5. The Hall–Kier alpha value is -1.63. The van der Waals surface area contributed by atoms with Crippen molar-refractivity contribution in [3.8, 4) is 0 Å². The molecule has 6 nitrogen and oxygen atoms in total. The number of morpholine rings is 1. The molecule has 1 aliphatic rings. The molecular weight excluding hydrogens is 320 g/mol. The predicted octanol–water partition coefficient (Wildman–Crippen LogP) is 1.83. The van der Waals surface area contributed by atoms with Gasteiger partial charge in [0.1, 0.15) is 0 Å². The fourth-order valence-electron chi connectivity index (χ4n) is 2.44. The van der Waals surface area contributed by atoms with Crippen LogP contribution in [0, 0.1) is 13.8 Å². The maximum atomic E-state index is 12.1. The molecule has 0 aromatic heterocycles. The topological polar surface area (TPSA) is 76.7 Å². The van der Waals surface area contributed by atoms with E-state index >= 15 is 0 Å². The molecule has 1 unspecified atom stereocenters. The molecule has 1 aromatic carbocycles. The maximum Gasteiger partial charge on any atom is 0.338 e. The van der Waals surface area contributed by atoms with Gasteiger partial charge in [0.25, 0.3) is 0 Å². The SMILES string of the molecule is COC(=O)c1cc(NC(=O)CC2COCCN2)cc(C)c1C.Cl. The van der Waals surface area contributed by atoms with Crippen LogP contribution >= 0.6 is 12.4 Å². The lowest BCUT2D eigenvalue weighted by Crippen LogP contribution is -2.43. The van der Waals surface area contributed by atoms with Gasteiger partial charge in [0, 0.05) is 24.7 Å². The lowest BCUT2D eigenvalue weighted by molar-refractivity contribution is -0.117. The van der Waals surface area contributed by atoms with Crippen molar-refractivity contribution in [1.29, 1.82) is 0 Å². The molecule has 1 amide bonds. The highest BCUT2D eigenvalue weighted by Gasteiger charge is 2.18. The van der Waals surface area contributed by atoms with Gasteiger partial charge in [-0.3, -0.25) is 4.79 Å². The summed E-state index contributed by atoms with van der Waals surface area (Å²) in [6.07, 6.45) is 0.334. The third-order valence-electron chi connectivity index (χ3n) is 3.79. The zero-order valence-electron chi connectivity index (χ0n) is 13.6. The van der Waals surface area contributed by atoms with Crippen LogP contribution < -0.4 is 10.6 Å². The highest BCUT2D eigenvalue weighted by Crippen LogP contribution is 2.21. The second-order valence-corrected chi connectivity index (χ2v) is 5.44. The molecule has 0 spiro atoms. The molecule has 0 saturated carbocycles. The Bertz CT molecular complexity index is 571. The molecule has 7 heteroatoms. The number of aryl methyl sites for hydroxylation is 1. The summed E-state index contributed by atoms with van der Waals surface area (Å²) in [7, 11) is 1.34. The van der Waals surface area contributed by atoms with Crippen molar-refractivity contribution in [3.63, 3.8) is 0 Å². The lowest BCUT2D eigenvalue weighted by Gasteiger charge is -2.23. The van der Waals surface area contributed by atoms with Gasteiger partial charge in [-0.05, 0) is 37.1 Å². The van der Waals surface area contributed by atoms with Crippen LogP contribution in [0.4, 0.5) is 5.69 Å². The summed E-state index contributed by atoms with van der Waals surface area (Å²) in [6, 6.07) is 3.53. The second kappa shape index (κ2) is 8.86. The number of amides is 1. The number of nitrogens with one attached hydrogen (secondary N) is 2. The molecule has 1 atom stereocenters. The summed E-state index contributed by atoms with van der Waals surface area (Å²) in [6.45, 7) is 5.73. The van der Waals surface area contributed by atoms with Crippen LogP contribution in [0.2, 0.25) is 0 Å². The average molecular weight is 343 g/mol. The smallest absolute Gasteiger partial charge is 0.338 e. The summed E-state index contributed by atoms with van der Waals surface area (Å²) < 4.78 is 10.1. The molecule has 1 saturated heterocycles. The number of benzene rings is 1.